The minimum absolute atomic E-state index is 0. The van der Waals surface area contributed by atoms with Crippen molar-refractivity contribution in [2.45, 2.75) is 20.1 Å². The Morgan fingerprint density at radius 1 is 1.10 bits per heavy atom. The van der Waals surface area contributed by atoms with Gasteiger partial charge >= 0.3 is 6.61 Å². The van der Waals surface area contributed by atoms with Crippen molar-refractivity contribution in [3.05, 3.63) is 59.9 Å². The molecule has 0 aliphatic heterocycles. The van der Waals surface area contributed by atoms with Crippen molar-refractivity contribution >= 4 is 41.5 Å². The highest BCUT2D eigenvalue weighted by Gasteiger charge is 2.09. The van der Waals surface area contributed by atoms with E-state index in [4.69, 9.17) is 0 Å². The highest BCUT2D eigenvalue weighted by atomic mass is 127. The van der Waals surface area contributed by atoms with Gasteiger partial charge in [0.1, 0.15) is 11.6 Å². The van der Waals surface area contributed by atoms with Crippen LogP contribution in [0.2, 0.25) is 0 Å². The van der Waals surface area contributed by atoms with Gasteiger partial charge in [0.25, 0.3) is 0 Å². The van der Waals surface area contributed by atoms with Crippen molar-refractivity contribution < 1.29 is 22.7 Å². The number of halogens is 4. The summed E-state index contributed by atoms with van der Waals surface area (Å²) in [5.74, 6) is -0.359. The van der Waals surface area contributed by atoms with Gasteiger partial charge in [0.15, 0.2) is 5.96 Å². The Morgan fingerprint density at radius 2 is 1.79 bits per heavy atom. The molecular weight excluding hydrogens is 500 g/mol. The topological polar surface area (TPSA) is 74.8 Å². The smallest absolute Gasteiger partial charge is 0.387 e. The van der Waals surface area contributed by atoms with E-state index < -0.39 is 12.4 Å². The van der Waals surface area contributed by atoms with E-state index in [1.807, 2.05) is 6.92 Å². The predicted molar refractivity (Wildman–Crippen MR) is 116 cm³/mol. The average Bonchev–Trinajstić information content (AvgIpc) is 2.66. The van der Waals surface area contributed by atoms with Crippen molar-refractivity contribution in [1.82, 2.24) is 10.6 Å². The first kappa shape index (κ1) is 24.5. The van der Waals surface area contributed by atoms with Crippen molar-refractivity contribution in [1.29, 1.82) is 0 Å². The summed E-state index contributed by atoms with van der Waals surface area (Å²) in [5.41, 5.74) is 0.948. The number of carbonyl (C=O) groups excluding carboxylic acids is 1. The molecule has 3 N–H and O–H groups in total. The molecule has 0 atom stereocenters. The molecule has 10 heteroatoms. The SMILES string of the molecule is CCNC(=NCc1ccccc1OC(F)F)NCC(=O)Nc1ccc(F)cc1.I. The van der Waals surface area contributed by atoms with E-state index in [0.717, 1.165) is 0 Å². The van der Waals surface area contributed by atoms with Gasteiger partial charge in [-0.05, 0) is 37.3 Å². The minimum atomic E-state index is -2.92. The molecule has 2 aromatic rings. The van der Waals surface area contributed by atoms with Gasteiger partial charge in [-0.15, -0.1) is 24.0 Å². The lowest BCUT2D eigenvalue weighted by Gasteiger charge is -2.13. The number of anilines is 1. The largest absolute Gasteiger partial charge is 0.434 e. The molecule has 0 aliphatic carbocycles. The first-order chi connectivity index (χ1) is 13.5. The van der Waals surface area contributed by atoms with Crippen LogP contribution < -0.4 is 20.7 Å². The van der Waals surface area contributed by atoms with Gasteiger partial charge in [-0.25, -0.2) is 9.38 Å². The maximum Gasteiger partial charge on any atom is 0.387 e. The minimum Gasteiger partial charge on any atom is -0.434 e. The summed E-state index contributed by atoms with van der Waals surface area (Å²) in [4.78, 5) is 16.3. The monoisotopic (exact) mass is 522 g/mol. The summed E-state index contributed by atoms with van der Waals surface area (Å²) in [7, 11) is 0. The zero-order valence-corrected chi connectivity index (χ0v) is 18.0. The molecule has 0 heterocycles. The fourth-order valence-corrected chi connectivity index (χ4v) is 2.25. The number of hydrogen-bond acceptors (Lipinski definition) is 3. The number of nitrogens with zero attached hydrogens (tertiary/aromatic N) is 1. The van der Waals surface area contributed by atoms with Gasteiger partial charge in [0.2, 0.25) is 5.91 Å². The molecule has 6 nitrogen and oxygen atoms in total. The fourth-order valence-electron chi connectivity index (χ4n) is 2.25. The number of amides is 1. The first-order valence-corrected chi connectivity index (χ1v) is 8.58. The second kappa shape index (κ2) is 12.9. The Labute approximate surface area is 184 Å². The molecule has 0 radical (unpaired) electrons. The Balaban J connectivity index is 0.00000420. The van der Waals surface area contributed by atoms with Crippen LogP contribution in [0.15, 0.2) is 53.5 Å². The summed E-state index contributed by atoms with van der Waals surface area (Å²) >= 11 is 0. The normalized spacial score (nSPS) is 10.9. The number of nitrogens with one attached hydrogen (secondary N) is 3. The van der Waals surface area contributed by atoms with Crippen LogP contribution >= 0.6 is 24.0 Å². The number of aliphatic imine (C=N–C) groups is 1. The predicted octanol–water partition coefficient (Wildman–Crippen LogP) is 3.74. The van der Waals surface area contributed by atoms with Crippen molar-refractivity contribution in [3.8, 4) is 5.75 Å². The molecular formula is C19H22F3IN4O2. The molecule has 0 fully saturated rings. The maximum atomic E-state index is 12.9. The molecule has 0 saturated carbocycles. The number of guanidine groups is 1. The van der Waals surface area contributed by atoms with Crippen LogP contribution in [0.4, 0.5) is 18.9 Å². The molecule has 1 amide bonds. The first-order valence-electron chi connectivity index (χ1n) is 8.58. The molecule has 0 bridgehead atoms. The van der Waals surface area contributed by atoms with Crippen molar-refractivity contribution in [2.24, 2.45) is 4.99 Å². The Hall–Kier alpha value is -2.50. The van der Waals surface area contributed by atoms with Gasteiger partial charge in [-0.2, -0.15) is 8.78 Å². The third-order valence-electron chi connectivity index (χ3n) is 3.48. The van der Waals surface area contributed by atoms with Gasteiger partial charge in [-0.3, -0.25) is 4.79 Å². The number of ether oxygens (including phenoxy) is 1. The molecule has 0 saturated heterocycles. The number of carbonyl (C=O) groups is 1. The van der Waals surface area contributed by atoms with Gasteiger partial charge in [0.05, 0.1) is 13.1 Å². The van der Waals surface area contributed by atoms with Gasteiger partial charge in [-0.1, -0.05) is 18.2 Å². The van der Waals surface area contributed by atoms with E-state index in [1.54, 1.807) is 18.2 Å². The second-order valence-corrected chi connectivity index (χ2v) is 5.59. The highest BCUT2D eigenvalue weighted by molar-refractivity contribution is 14.0. The second-order valence-electron chi connectivity index (χ2n) is 5.59. The van der Waals surface area contributed by atoms with Crippen LogP contribution in [0.3, 0.4) is 0 Å². The quantitative estimate of drug-likeness (QED) is 0.281. The number of alkyl halides is 2. The van der Waals surface area contributed by atoms with Crippen LogP contribution in [0.1, 0.15) is 12.5 Å². The molecule has 0 aliphatic rings. The van der Waals surface area contributed by atoms with Crippen molar-refractivity contribution in [2.75, 3.05) is 18.4 Å². The van der Waals surface area contributed by atoms with Crippen LogP contribution in [-0.4, -0.2) is 31.6 Å². The average molecular weight is 522 g/mol. The summed E-state index contributed by atoms with van der Waals surface area (Å²) in [6, 6.07) is 11.7. The highest BCUT2D eigenvalue weighted by Crippen LogP contribution is 2.20. The number of hydrogen-bond donors (Lipinski definition) is 3. The molecule has 2 aromatic carbocycles. The summed E-state index contributed by atoms with van der Waals surface area (Å²) in [5, 5.41) is 8.42. The number of para-hydroxylation sites is 1. The lowest BCUT2D eigenvalue weighted by molar-refractivity contribution is -0.115. The molecule has 158 valence electrons. The zero-order chi connectivity index (χ0) is 20.4. The third-order valence-corrected chi connectivity index (χ3v) is 3.48. The Kier molecular flexibility index (Phi) is 10.9. The zero-order valence-electron chi connectivity index (χ0n) is 15.6. The Morgan fingerprint density at radius 3 is 2.45 bits per heavy atom. The summed E-state index contributed by atoms with van der Waals surface area (Å²) in [6.45, 7) is -0.535. The van der Waals surface area contributed by atoms with E-state index in [1.165, 1.54) is 30.3 Å². The Bertz CT molecular complexity index is 804. The number of rotatable bonds is 8. The van der Waals surface area contributed by atoms with Gasteiger partial charge < -0.3 is 20.7 Å². The van der Waals surface area contributed by atoms with Crippen LogP contribution in [0.25, 0.3) is 0 Å². The fraction of sp³-hybridized carbons (Fsp3) is 0.263. The standard InChI is InChI=1S/C19H21F3N4O2.HI/c1-2-23-19(24-11-13-5-3-4-6-16(13)28-18(21)22)25-12-17(27)26-15-9-7-14(20)8-10-15;/h3-10,18H,2,11-12H2,1H3,(H,26,27)(H2,23,24,25);1H. The maximum absolute atomic E-state index is 12.9. The van der Waals surface area contributed by atoms with Crippen LogP contribution in [0.5, 0.6) is 5.75 Å². The third kappa shape index (κ3) is 9.03. The molecule has 0 spiro atoms. The van der Waals surface area contributed by atoms with E-state index >= 15 is 0 Å². The molecule has 2 rings (SSSR count). The van der Waals surface area contributed by atoms with Crippen LogP contribution in [0, 0.1) is 5.82 Å². The van der Waals surface area contributed by atoms with E-state index in [0.29, 0.717) is 23.8 Å². The van der Waals surface area contributed by atoms with E-state index in [9.17, 15) is 18.0 Å². The van der Waals surface area contributed by atoms with Crippen molar-refractivity contribution in [3.63, 3.8) is 0 Å². The van der Waals surface area contributed by atoms with Gasteiger partial charge in [0, 0.05) is 17.8 Å². The molecule has 0 unspecified atom stereocenters. The summed E-state index contributed by atoms with van der Waals surface area (Å²) in [6.07, 6.45) is 0. The lowest BCUT2D eigenvalue weighted by Crippen LogP contribution is -2.41. The summed E-state index contributed by atoms with van der Waals surface area (Å²) < 4.78 is 42.3. The molecule has 0 aromatic heterocycles. The molecule has 29 heavy (non-hydrogen) atoms. The van der Waals surface area contributed by atoms with Crippen LogP contribution in [-0.2, 0) is 11.3 Å². The lowest BCUT2D eigenvalue weighted by atomic mass is 10.2. The van der Waals surface area contributed by atoms with E-state index in [2.05, 4.69) is 25.7 Å². The van der Waals surface area contributed by atoms with E-state index in [-0.39, 0.29) is 48.7 Å². The number of benzene rings is 2.